The van der Waals surface area contributed by atoms with Gasteiger partial charge in [0.2, 0.25) is 0 Å². The maximum atomic E-state index is 5.65. The van der Waals surface area contributed by atoms with Crippen molar-refractivity contribution in [2.24, 2.45) is 0 Å². The predicted molar refractivity (Wildman–Crippen MR) is 69.7 cm³/mol. The summed E-state index contributed by atoms with van der Waals surface area (Å²) >= 11 is 5.30. The highest BCUT2D eigenvalue weighted by molar-refractivity contribution is 7.71. The lowest BCUT2D eigenvalue weighted by molar-refractivity contribution is -0.0730. The van der Waals surface area contributed by atoms with Gasteiger partial charge in [0, 0.05) is 19.1 Å². The van der Waals surface area contributed by atoms with Gasteiger partial charge < -0.3 is 4.74 Å². The van der Waals surface area contributed by atoms with E-state index in [9.17, 15) is 0 Å². The van der Waals surface area contributed by atoms with Gasteiger partial charge in [-0.3, -0.25) is 9.67 Å². The van der Waals surface area contributed by atoms with Gasteiger partial charge in [0.1, 0.15) is 5.82 Å². The van der Waals surface area contributed by atoms with Gasteiger partial charge in [-0.25, -0.2) is 0 Å². The minimum atomic E-state index is -0.0436. The standard InChI is InChI=1S/C12H21N3OS/c1-11(2,3)15-9(13-14-10(15)17)8-12(16-4)6-5-7-12/h5-8H2,1-4H3,(H,14,17). The van der Waals surface area contributed by atoms with Gasteiger partial charge >= 0.3 is 0 Å². The molecule has 0 aromatic carbocycles. The molecule has 2 rings (SSSR count). The number of ether oxygens (including phenoxy) is 1. The van der Waals surface area contributed by atoms with Crippen LogP contribution in [0, 0.1) is 4.77 Å². The molecular weight excluding hydrogens is 234 g/mol. The molecule has 0 saturated heterocycles. The minimum Gasteiger partial charge on any atom is -0.378 e. The fourth-order valence-electron chi connectivity index (χ4n) is 2.45. The number of rotatable bonds is 3. The predicted octanol–water partition coefficient (Wildman–Crippen LogP) is 2.81. The fourth-order valence-corrected chi connectivity index (χ4v) is 2.88. The van der Waals surface area contributed by atoms with Gasteiger partial charge in [-0.2, -0.15) is 5.10 Å². The number of nitrogens with zero attached hydrogens (tertiary/aromatic N) is 2. The molecule has 1 fully saturated rings. The van der Waals surface area contributed by atoms with Gasteiger partial charge in [0.15, 0.2) is 4.77 Å². The van der Waals surface area contributed by atoms with Crippen molar-refractivity contribution in [2.75, 3.05) is 7.11 Å². The van der Waals surface area contributed by atoms with Crippen molar-refractivity contribution in [3.05, 3.63) is 10.6 Å². The van der Waals surface area contributed by atoms with E-state index in [1.807, 2.05) is 0 Å². The Morgan fingerprint density at radius 1 is 1.47 bits per heavy atom. The quantitative estimate of drug-likeness (QED) is 0.845. The fraction of sp³-hybridized carbons (Fsp3) is 0.833. The first-order valence-corrected chi connectivity index (χ1v) is 6.51. The molecule has 0 unspecified atom stereocenters. The Hall–Kier alpha value is -0.680. The van der Waals surface area contributed by atoms with E-state index in [1.54, 1.807) is 7.11 Å². The number of hydrogen-bond donors (Lipinski definition) is 1. The second kappa shape index (κ2) is 4.21. The first-order valence-electron chi connectivity index (χ1n) is 6.10. The van der Waals surface area contributed by atoms with Crippen LogP contribution in [0.5, 0.6) is 0 Å². The minimum absolute atomic E-state index is 0.00995. The van der Waals surface area contributed by atoms with Crippen LogP contribution in [-0.4, -0.2) is 27.5 Å². The number of H-pyrrole nitrogens is 1. The highest BCUT2D eigenvalue weighted by Crippen LogP contribution is 2.38. The van der Waals surface area contributed by atoms with Gasteiger partial charge in [-0.05, 0) is 52.3 Å². The van der Waals surface area contributed by atoms with Crippen LogP contribution < -0.4 is 0 Å². The molecule has 1 aromatic rings. The molecule has 1 aromatic heterocycles. The van der Waals surface area contributed by atoms with Crippen molar-refractivity contribution in [3.63, 3.8) is 0 Å². The van der Waals surface area contributed by atoms with Crippen molar-refractivity contribution >= 4 is 12.2 Å². The number of hydrogen-bond acceptors (Lipinski definition) is 3. The zero-order chi connectivity index (χ0) is 12.7. The van der Waals surface area contributed by atoms with Crippen molar-refractivity contribution in [1.29, 1.82) is 0 Å². The van der Waals surface area contributed by atoms with Crippen molar-refractivity contribution in [2.45, 2.75) is 57.6 Å². The summed E-state index contributed by atoms with van der Waals surface area (Å²) in [5.74, 6) is 1.00. The number of methoxy groups -OCH3 is 1. The van der Waals surface area contributed by atoms with Gasteiger partial charge in [-0.15, -0.1) is 0 Å². The molecule has 0 bridgehead atoms. The molecule has 1 N–H and O–H groups in total. The average molecular weight is 255 g/mol. The summed E-state index contributed by atoms with van der Waals surface area (Å²) in [5.41, 5.74) is -0.0535. The van der Waals surface area contributed by atoms with Gasteiger partial charge in [0.05, 0.1) is 5.60 Å². The Bertz CT molecular complexity index is 446. The Morgan fingerprint density at radius 2 is 2.12 bits per heavy atom. The van der Waals surface area contributed by atoms with Crippen LogP contribution >= 0.6 is 12.2 Å². The van der Waals surface area contributed by atoms with Crippen LogP contribution in [0.1, 0.15) is 45.9 Å². The topological polar surface area (TPSA) is 42.8 Å². The first-order chi connectivity index (χ1) is 7.88. The Kier molecular flexibility index (Phi) is 3.16. The van der Waals surface area contributed by atoms with Crippen molar-refractivity contribution in [3.8, 4) is 0 Å². The van der Waals surface area contributed by atoms with E-state index in [4.69, 9.17) is 17.0 Å². The summed E-state index contributed by atoms with van der Waals surface area (Å²) in [5, 5.41) is 7.26. The Morgan fingerprint density at radius 3 is 2.53 bits per heavy atom. The first kappa shape index (κ1) is 12.8. The van der Waals surface area contributed by atoms with Crippen LogP contribution in [-0.2, 0) is 16.7 Å². The third-order valence-electron chi connectivity index (χ3n) is 3.59. The van der Waals surface area contributed by atoms with E-state index in [-0.39, 0.29) is 11.1 Å². The maximum Gasteiger partial charge on any atom is 0.195 e. The number of aromatic amines is 1. The van der Waals surface area contributed by atoms with Crippen molar-refractivity contribution in [1.82, 2.24) is 14.8 Å². The molecule has 0 spiro atoms. The Balaban J connectivity index is 2.31. The Labute approximate surface area is 107 Å². The molecule has 4 nitrogen and oxygen atoms in total. The lowest BCUT2D eigenvalue weighted by atomic mass is 9.77. The van der Waals surface area contributed by atoms with Crippen molar-refractivity contribution < 1.29 is 4.74 Å². The highest BCUT2D eigenvalue weighted by atomic mass is 32.1. The third kappa shape index (κ3) is 2.31. The van der Waals surface area contributed by atoms with Crippen LogP contribution in [0.2, 0.25) is 0 Å². The number of nitrogens with one attached hydrogen (secondary N) is 1. The SMILES string of the molecule is COC1(Cc2n[nH]c(=S)n2C(C)(C)C)CCC1. The monoisotopic (exact) mass is 255 g/mol. The molecule has 0 amide bonds. The molecule has 0 aliphatic heterocycles. The second-order valence-electron chi connectivity index (χ2n) is 5.87. The molecule has 1 aliphatic rings. The van der Waals surface area contributed by atoms with E-state index in [1.165, 1.54) is 6.42 Å². The maximum absolute atomic E-state index is 5.65. The second-order valence-corrected chi connectivity index (χ2v) is 6.26. The van der Waals surface area contributed by atoms with Crippen LogP contribution in [0.4, 0.5) is 0 Å². The summed E-state index contributed by atoms with van der Waals surface area (Å²) in [6.45, 7) is 6.42. The molecule has 1 heterocycles. The van der Waals surface area contributed by atoms with Crippen LogP contribution in [0.15, 0.2) is 0 Å². The van der Waals surface area contributed by atoms with E-state index < -0.39 is 0 Å². The molecule has 17 heavy (non-hydrogen) atoms. The summed E-state index contributed by atoms with van der Waals surface area (Å²) in [7, 11) is 1.79. The molecule has 1 aliphatic carbocycles. The van der Waals surface area contributed by atoms with Gasteiger partial charge in [-0.1, -0.05) is 0 Å². The van der Waals surface area contributed by atoms with Gasteiger partial charge in [0.25, 0.3) is 0 Å². The molecule has 0 atom stereocenters. The van der Waals surface area contributed by atoms with E-state index >= 15 is 0 Å². The highest BCUT2D eigenvalue weighted by Gasteiger charge is 2.39. The summed E-state index contributed by atoms with van der Waals surface area (Å²) in [4.78, 5) is 0. The largest absolute Gasteiger partial charge is 0.378 e. The average Bonchev–Trinajstić information content (AvgIpc) is 2.52. The van der Waals surface area contributed by atoms with E-state index in [2.05, 4.69) is 35.5 Å². The summed E-state index contributed by atoms with van der Waals surface area (Å²) < 4.78 is 8.44. The van der Waals surface area contributed by atoms with Crippen LogP contribution in [0.3, 0.4) is 0 Å². The molecule has 1 saturated carbocycles. The number of aromatic nitrogens is 3. The third-order valence-corrected chi connectivity index (χ3v) is 3.86. The summed E-state index contributed by atoms with van der Waals surface area (Å²) in [6.07, 6.45) is 4.32. The zero-order valence-electron chi connectivity index (χ0n) is 11.0. The molecular formula is C12H21N3OS. The molecule has 0 radical (unpaired) electrons. The lowest BCUT2D eigenvalue weighted by Gasteiger charge is -2.40. The normalized spacial score (nSPS) is 19.1. The molecule has 5 heteroatoms. The summed E-state index contributed by atoms with van der Waals surface area (Å²) in [6, 6.07) is 0. The van der Waals surface area contributed by atoms with Crippen LogP contribution in [0.25, 0.3) is 0 Å². The zero-order valence-corrected chi connectivity index (χ0v) is 11.9. The molecule has 96 valence electrons. The smallest absolute Gasteiger partial charge is 0.195 e. The van der Waals surface area contributed by atoms with E-state index in [0.29, 0.717) is 4.77 Å². The lowest BCUT2D eigenvalue weighted by Crippen LogP contribution is -2.42. The van der Waals surface area contributed by atoms with E-state index in [0.717, 1.165) is 25.1 Å².